The number of para-hydroxylation sites is 1. The molecule has 1 atom stereocenters. The third-order valence-electron chi connectivity index (χ3n) is 3.52. The number of carbonyl (C=O) groups excluding carboxylic acids is 1. The molecule has 1 heterocycles. The third kappa shape index (κ3) is 5.83. The largest absolute Gasteiger partial charge is 0.415 e. The summed E-state index contributed by atoms with van der Waals surface area (Å²) in [5.74, 6) is 0.439. The van der Waals surface area contributed by atoms with E-state index in [0.29, 0.717) is 27.4 Å². The molecule has 2 aromatic carbocycles. The molecule has 0 spiro atoms. The Kier molecular flexibility index (Phi) is 7.38. The number of nitrogens with zero attached hydrogens (tertiary/aromatic N) is 2. The Morgan fingerprint density at radius 1 is 1.15 bits per heavy atom. The van der Waals surface area contributed by atoms with Crippen LogP contribution in [0.25, 0.3) is 0 Å². The van der Waals surface area contributed by atoms with E-state index in [1.54, 1.807) is 48.9 Å². The molecule has 0 radical (unpaired) electrons. The van der Waals surface area contributed by atoms with Gasteiger partial charge in [-0.3, -0.25) is 4.79 Å². The van der Waals surface area contributed by atoms with Crippen molar-refractivity contribution in [2.24, 2.45) is 0 Å². The molecule has 0 aliphatic rings. The number of rotatable bonds is 6. The average molecular weight is 460 g/mol. The van der Waals surface area contributed by atoms with Crippen molar-refractivity contribution in [2.45, 2.75) is 11.8 Å². The number of carbonyl (C=O) groups is 1. The molecule has 0 saturated carbocycles. The summed E-state index contributed by atoms with van der Waals surface area (Å²) in [5.41, 5.74) is 0.812. The van der Waals surface area contributed by atoms with Crippen molar-refractivity contribution in [1.29, 1.82) is 0 Å². The highest BCUT2D eigenvalue weighted by Crippen LogP contribution is 2.40. The maximum atomic E-state index is 12.5. The third-order valence-corrected chi connectivity index (χ3v) is 6.17. The molecule has 0 amide bonds. The highest BCUT2D eigenvalue weighted by molar-refractivity contribution is 8.37. The Morgan fingerprint density at radius 3 is 2.67 bits per heavy atom. The standard InChI is InChI=1S/C18H13Cl3N2O2S2/c19-12-5-6-13(15(21)9-12)17(10-23-8-7-22-11-23)26-18(24)27-25-16-4-2-1-3-14(16)20/h1-9,11,17H,10H2. The second-order valence-electron chi connectivity index (χ2n) is 5.38. The first kappa shape index (κ1) is 20.4. The lowest BCUT2D eigenvalue weighted by Crippen LogP contribution is -2.07. The molecule has 3 rings (SSSR count). The summed E-state index contributed by atoms with van der Waals surface area (Å²) in [6.45, 7) is 0.518. The average Bonchev–Trinajstić information content (AvgIpc) is 3.14. The smallest absolute Gasteiger partial charge is 0.285 e. The van der Waals surface area contributed by atoms with Gasteiger partial charge in [-0.1, -0.05) is 64.8 Å². The van der Waals surface area contributed by atoms with Gasteiger partial charge in [0.05, 0.1) is 16.6 Å². The van der Waals surface area contributed by atoms with E-state index in [9.17, 15) is 4.79 Å². The van der Waals surface area contributed by atoms with Crippen molar-refractivity contribution >= 4 is 63.1 Å². The van der Waals surface area contributed by atoms with Crippen LogP contribution < -0.4 is 4.18 Å². The van der Waals surface area contributed by atoms with Crippen molar-refractivity contribution in [2.75, 3.05) is 0 Å². The van der Waals surface area contributed by atoms with Crippen LogP contribution in [-0.4, -0.2) is 14.0 Å². The van der Waals surface area contributed by atoms with Gasteiger partial charge in [-0.25, -0.2) is 4.98 Å². The maximum Gasteiger partial charge on any atom is 0.285 e. The number of imidazole rings is 1. The lowest BCUT2D eigenvalue weighted by Gasteiger charge is -2.18. The van der Waals surface area contributed by atoms with Gasteiger partial charge in [0.15, 0.2) is 5.75 Å². The van der Waals surface area contributed by atoms with Gasteiger partial charge in [0, 0.05) is 29.0 Å². The maximum absolute atomic E-state index is 12.5. The van der Waals surface area contributed by atoms with Crippen LogP contribution >= 0.6 is 58.6 Å². The fourth-order valence-electron chi connectivity index (χ4n) is 2.27. The Morgan fingerprint density at radius 2 is 1.96 bits per heavy atom. The van der Waals surface area contributed by atoms with E-state index < -0.39 is 0 Å². The van der Waals surface area contributed by atoms with Gasteiger partial charge in [-0.15, -0.1) is 0 Å². The molecule has 3 aromatic rings. The Labute approximate surface area is 180 Å². The molecule has 1 aromatic heterocycles. The zero-order valence-corrected chi connectivity index (χ0v) is 17.6. The van der Waals surface area contributed by atoms with Crippen LogP contribution in [0.1, 0.15) is 10.8 Å². The number of benzene rings is 2. The van der Waals surface area contributed by atoms with Gasteiger partial charge in [0.25, 0.3) is 4.45 Å². The molecule has 9 heteroatoms. The number of hydrogen-bond donors (Lipinski definition) is 0. The zero-order valence-electron chi connectivity index (χ0n) is 13.7. The summed E-state index contributed by atoms with van der Waals surface area (Å²) in [5, 5.41) is 1.25. The molecule has 0 fully saturated rings. The molecule has 0 aliphatic carbocycles. The van der Waals surface area contributed by atoms with Gasteiger partial charge in [0.1, 0.15) is 12.0 Å². The summed E-state index contributed by atoms with van der Waals surface area (Å²) < 4.78 is 7.13. The lowest BCUT2D eigenvalue weighted by molar-refractivity contribution is 0.275. The van der Waals surface area contributed by atoms with Gasteiger partial charge in [-0.2, -0.15) is 0 Å². The summed E-state index contributed by atoms with van der Waals surface area (Å²) in [4.78, 5) is 16.5. The second-order valence-corrected chi connectivity index (χ2v) is 8.77. The van der Waals surface area contributed by atoms with Crippen LogP contribution in [-0.2, 0) is 6.54 Å². The van der Waals surface area contributed by atoms with Crippen LogP contribution in [0.4, 0.5) is 4.79 Å². The SMILES string of the molecule is O=C(SOc1ccccc1Cl)SC(Cn1ccnc1)c1ccc(Cl)cc1Cl. The van der Waals surface area contributed by atoms with Crippen LogP contribution in [0.15, 0.2) is 61.2 Å². The van der Waals surface area contributed by atoms with Crippen molar-refractivity contribution in [3.05, 3.63) is 81.8 Å². The molecule has 4 nitrogen and oxygen atoms in total. The highest BCUT2D eigenvalue weighted by Gasteiger charge is 2.22. The first-order chi connectivity index (χ1) is 13.0. The number of halogens is 3. The summed E-state index contributed by atoms with van der Waals surface area (Å²) >= 11 is 20.2. The number of thioether (sulfide) groups is 1. The quantitative estimate of drug-likeness (QED) is 0.366. The van der Waals surface area contributed by atoms with Crippen molar-refractivity contribution in [3.8, 4) is 5.75 Å². The Balaban J connectivity index is 1.72. The lowest BCUT2D eigenvalue weighted by atomic mass is 10.1. The predicted molar refractivity (Wildman–Crippen MR) is 114 cm³/mol. The number of aromatic nitrogens is 2. The first-order valence-corrected chi connectivity index (χ1v) is 10.5. The topological polar surface area (TPSA) is 44.1 Å². The van der Waals surface area contributed by atoms with E-state index in [4.69, 9.17) is 39.0 Å². The van der Waals surface area contributed by atoms with Crippen LogP contribution in [0.3, 0.4) is 0 Å². The van der Waals surface area contributed by atoms with E-state index in [1.807, 2.05) is 16.8 Å². The van der Waals surface area contributed by atoms with E-state index >= 15 is 0 Å². The summed E-state index contributed by atoms with van der Waals surface area (Å²) in [6, 6.07) is 12.2. The van der Waals surface area contributed by atoms with Crippen molar-refractivity contribution in [1.82, 2.24) is 9.55 Å². The van der Waals surface area contributed by atoms with Crippen molar-refractivity contribution < 1.29 is 8.98 Å². The first-order valence-electron chi connectivity index (χ1n) is 7.73. The molecule has 27 heavy (non-hydrogen) atoms. The molecule has 1 unspecified atom stereocenters. The van der Waals surface area contributed by atoms with Gasteiger partial charge < -0.3 is 8.75 Å². The van der Waals surface area contributed by atoms with Gasteiger partial charge in [0.2, 0.25) is 0 Å². The Hall–Kier alpha value is -1.31. The minimum Gasteiger partial charge on any atom is -0.415 e. The van der Waals surface area contributed by atoms with E-state index in [-0.39, 0.29) is 9.70 Å². The molecule has 140 valence electrons. The molecular weight excluding hydrogens is 447 g/mol. The monoisotopic (exact) mass is 458 g/mol. The number of hydrogen-bond acceptors (Lipinski definition) is 5. The van der Waals surface area contributed by atoms with Gasteiger partial charge >= 0.3 is 0 Å². The van der Waals surface area contributed by atoms with E-state index in [1.165, 1.54) is 0 Å². The molecule has 0 N–H and O–H groups in total. The zero-order chi connectivity index (χ0) is 19.2. The fraction of sp³-hybridized carbons (Fsp3) is 0.111. The molecule has 0 bridgehead atoms. The minimum atomic E-state index is -0.237. The fourth-order valence-corrected chi connectivity index (χ4v) is 4.82. The molecule has 0 saturated heterocycles. The summed E-state index contributed by atoms with van der Waals surface area (Å²) in [7, 11) is 0. The second kappa shape index (κ2) is 9.75. The normalized spacial score (nSPS) is 12.0. The predicted octanol–water partition coefficient (Wildman–Crippen LogP) is 7.17. The van der Waals surface area contributed by atoms with Crippen LogP contribution in [0, 0.1) is 0 Å². The van der Waals surface area contributed by atoms with Crippen molar-refractivity contribution in [3.63, 3.8) is 0 Å². The van der Waals surface area contributed by atoms with Crippen LogP contribution in [0.2, 0.25) is 15.1 Å². The van der Waals surface area contributed by atoms with E-state index in [0.717, 1.165) is 29.4 Å². The van der Waals surface area contributed by atoms with Crippen LogP contribution in [0.5, 0.6) is 5.75 Å². The van der Waals surface area contributed by atoms with Gasteiger partial charge in [-0.05, 0) is 29.8 Å². The summed E-state index contributed by atoms with van der Waals surface area (Å²) in [6.07, 6.45) is 5.20. The minimum absolute atomic E-state index is 0.217. The van der Waals surface area contributed by atoms with E-state index in [2.05, 4.69) is 4.98 Å². The molecular formula is C18H13Cl3N2O2S2. The molecule has 0 aliphatic heterocycles. The highest BCUT2D eigenvalue weighted by atomic mass is 35.5. The Bertz CT molecular complexity index is 923.